The van der Waals surface area contributed by atoms with Gasteiger partial charge in [0.05, 0.1) is 24.8 Å². The van der Waals surface area contributed by atoms with Crippen LogP contribution in [0.15, 0.2) is 24.5 Å². The topological polar surface area (TPSA) is 76.4 Å². The van der Waals surface area contributed by atoms with Gasteiger partial charge in [0.25, 0.3) is 0 Å². The molecule has 1 aliphatic rings. The molecule has 116 valence electrons. The van der Waals surface area contributed by atoms with E-state index in [1.54, 1.807) is 18.5 Å². The van der Waals surface area contributed by atoms with Crippen LogP contribution < -0.4 is 10.1 Å². The fraction of sp³-hybridized carbons (Fsp3) is 0.375. The summed E-state index contributed by atoms with van der Waals surface area (Å²) in [5, 5.41) is 12.5. The molecule has 1 aliphatic carbocycles. The predicted octanol–water partition coefficient (Wildman–Crippen LogP) is 2.11. The molecule has 1 aromatic carbocycles. The largest absolute Gasteiger partial charge is 0.506 e. The van der Waals surface area contributed by atoms with Gasteiger partial charge >= 0.3 is 0 Å². The maximum absolute atomic E-state index is 12.2. The average molecular weight is 301 g/mol. The second-order valence-electron chi connectivity index (χ2n) is 5.40. The Balaban J connectivity index is 1.72. The van der Waals surface area contributed by atoms with Crippen molar-refractivity contribution in [3.63, 3.8) is 0 Å². The number of ether oxygens (including phenoxy) is 1. The summed E-state index contributed by atoms with van der Waals surface area (Å²) in [5.41, 5.74) is 2.60. The van der Waals surface area contributed by atoms with Gasteiger partial charge in [0.2, 0.25) is 5.91 Å². The summed E-state index contributed by atoms with van der Waals surface area (Å²) >= 11 is 0. The first kappa shape index (κ1) is 14.4. The summed E-state index contributed by atoms with van der Waals surface area (Å²) in [4.78, 5) is 16.6. The number of imidazole rings is 1. The third-order valence-corrected chi connectivity index (χ3v) is 3.90. The molecule has 2 aromatic rings. The lowest BCUT2D eigenvalue weighted by molar-refractivity contribution is -0.116. The third-order valence-electron chi connectivity index (χ3n) is 3.90. The Labute approximate surface area is 128 Å². The van der Waals surface area contributed by atoms with Crippen molar-refractivity contribution >= 4 is 11.6 Å². The number of rotatable bonds is 4. The van der Waals surface area contributed by atoms with Crippen LogP contribution in [0.4, 0.5) is 5.69 Å². The number of hydrogen-bond donors (Lipinski definition) is 2. The van der Waals surface area contributed by atoms with Crippen molar-refractivity contribution < 1.29 is 14.6 Å². The highest BCUT2D eigenvalue weighted by Gasteiger charge is 2.17. The van der Waals surface area contributed by atoms with Gasteiger partial charge in [0.15, 0.2) is 0 Å². The van der Waals surface area contributed by atoms with Gasteiger partial charge in [-0.2, -0.15) is 0 Å². The smallest absolute Gasteiger partial charge is 0.244 e. The van der Waals surface area contributed by atoms with Gasteiger partial charge in [-0.15, -0.1) is 0 Å². The summed E-state index contributed by atoms with van der Waals surface area (Å²) < 4.78 is 6.98. The summed E-state index contributed by atoms with van der Waals surface area (Å²) in [6.45, 7) is 0.193. The van der Waals surface area contributed by atoms with Crippen molar-refractivity contribution in [3.8, 4) is 11.5 Å². The summed E-state index contributed by atoms with van der Waals surface area (Å²) in [5.74, 6) is 0.393. The van der Waals surface area contributed by atoms with Crippen LogP contribution in [-0.4, -0.2) is 27.7 Å². The second-order valence-corrected chi connectivity index (χ2v) is 5.40. The van der Waals surface area contributed by atoms with E-state index in [0.29, 0.717) is 11.4 Å². The van der Waals surface area contributed by atoms with E-state index >= 15 is 0 Å². The molecule has 1 amide bonds. The lowest BCUT2D eigenvalue weighted by Gasteiger charge is -2.14. The number of nitrogens with zero attached hydrogens (tertiary/aromatic N) is 2. The molecule has 1 aromatic heterocycles. The first-order valence-electron chi connectivity index (χ1n) is 7.37. The fourth-order valence-electron chi connectivity index (χ4n) is 2.75. The molecular formula is C16H19N3O3. The monoisotopic (exact) mass is 301 g/mol. The summed E-state index contributed by atoms with van der Waals surface area (Å²) in [6.07, 6.45) is 5.97. The molecule has 3 rings (SSSR count). The lowest BCUT2D eigenvalue weighted by atomic mass is 10.0. The minimum atomic E-state index is -0.200. The number of aryl methyl sites for hydroxylation is 1. The van der Waals surface area contributed by atoms with Crippen molar-refractivity contribution in [1.82, 2.24) is 9.55 Å². The Kier molecular flexibility index (Phi) is 4.00. The molecule has 0 spiro atoms. The SMILES string of the molecule is COc1ccc(O)c(NC(=O)Cn2cnc3c2CCCC3)c1. The molecule has 0 saturated carbocycles. The number of fused-ring (bicyclic) bond motifs is 1. The zero-order chi connectivity index (χ0) is 15.5. The van der Waals surface area contributed by atoms with Gasteiger partial charge in [-0.05, 0) is 37.8 Å². The third kappa shape index (κ3) is 2.90. The Morgan fingerprint density at radius 3 is 3.05 bits per heavy atom. The highest BCUT2D eigenvalue weighted by molar-refractivity contribution is 5.92. The van der Waals surface area contributed by atoms with E-state index in [4.69, 9.17) is 4.74 Å². The standard InChI is InChI=1S/C16H19N3O3/c1-22-11-6-7-15(20)13(8-11)18-16(21)9-19-10-17-12-4-2-3-5-14(12)19/h6-8,10,20H,2-5,9H2,1H3,(H,18,21). The molecule has 2 N–H and O–H groups in total. The normalized spacial score (nSPS) is 13.5. The number of methoxy groups -OCH3 is 1. The minimum Gasteiger partial charge on any atom is -0.506 e. The van der Waals surface area contributed by atoms with E-state index in [1.165, 1.54) is 13.2 Å². The van der Waals surface area contributed by atoms with Crippen LogP contribution in [0.25, 0.3) is 0 Å². The van der Waals surface area contributed by atoms with Crippen molar-refractivity contribution in [1.29, 1.82) is 0 Å². The number of aromatic nitrogens is 2. The Bertz CT molecular complexity index is 694. The highest BCUT2D eigenvalue weighted by atomic mass is 16.5. The first-order chi connectivity index (χ1) is 10.7. The zero-order valence-electron chi connectivity index (χ0n) is 12.5. The lowest BCUT2D eigenvalue weighted by Crippen LogP contribution is -2.20. The quantitative estimate of drug-likeness (QED) is 0.848. The zero-order valence-corrected chi connectivity index (χ0v) is 12.5. The van der Waals surface area contributed by atoms with Crippen LogP contribution in [0.2, 0.25) is 0 Å². The van der Waals surface area contributed by atoms with Gasteiger partial charge in [0.1, 0.15) is 18.0 Å². The molecule has 1 heterocycles. The number of phenolic OH excluding ortho intramolecular Hbond substituents is 1. The van der Waals surface area contributed by atoms with Crippen LogP contribution >= 0.6 is 0 Å². The second kappa shape index (κ2) is 6.09. The number of nitrogens with one attached hydrogen (secondary N) is 1. The van der Waals surface area contributed by atoms with E-state index < -0.39 is 0 Å². The number of amides is 1. The van der Waals surface area contributed by atoms with E-state index in [9.17, 15) is 9.90 Å². The molecule has 0 bridgehead atoms. The van der Waals surface area contributed by atoms with E-state index in [-0.39, 0.29) is 18.2 Å². The van der Waals surface area contributed by atoms with Crippen molar-refractivity contribution in [2.45, 2.75) is 32.2 Å². The van der Waals surface area contributed by atoms with E-state index in [0.717, 1.165) is 37.1 Å². The molecule has 22 heavy (non-hydrogen) atoms. The number of phenols is 1. The number of carbonyl (C=O) groups is 1. The Morgan fingerprint density at radius 2 is 2.23 bits per heavy atom. The molecule has 0 unspecified atom stereocenters. The number of hydrogen-bond acceptors (Lipinski definition) is 4. The van der Waals surface area contributed by atoms with Gasteiger partial charge < -0.3 is 19.7 Å². The number of benzene rings is 1. The maximum atomic E-state index is 12.2. The van der Waals surface area contributed by atoms with E-state index in [1.807, 2.05) is 4.57 Å². The maximum Gasteiger partial charge on any atom is 0.244 e. The number of anilines is 1. The first-order valence-corrected chi connectivity index (χ1v) is 7.37. The van der Waals surface area contributed by atoms with Crippen molar-refractivity contribution in [2.24, 2.45) is 0 Å². The van der Waals surface area contributed by atoms with Crippen LogP contribution in [0.1, 0.15) is 24.2 Å². The molecule has 0 atom stereocenters. The number of carbonyl (C=O) groups excluding carboxylic acids is 1. The molecule has 0 aliphatic heterocycles. The fourth-order valence-corrected chi connectivity index (χ4v) is 2.75. The predicted molar refractivity (Wildman–Crippen MR) is 82.2 cm³/mol. The summed E-state index contributed by atoms with van der Waals surface area (Å²) in [6, 6.07) is 4.72. The molecule has 6 heteroatoms. The molecule has 0 radical (unpaired) electrons. The van der Waals surface area contributed by atoms with Crippen LogP contribution in [0.5, 0.6) is 11.5 Å². The van der Waals surface area contributed by atoms with Crippen LogP contribution in [0, 0.1) is 0 Å². The highest BCUT2D eigenvalue weighted by Crippen LogP contribution is 2.28. The molecule has 0 fully saturated rings. The van der Waals surface area contributed by atoms with Gasteiger partial charge in [-0.3, -0.25) is 4.79 Å². The van der Waals surface area contributed by atoms with Crippen LogP contribution in [-0.2, 0) is 24.2 Å². The van der Waals surface area contributed by atoms with Gasteiger partial charge in [0, 0.05) is 11.8 Å². The molecule has 0 saturated heterocycles. The van der Waals surface area contributed by atoms with Crippen LogP contribution in [0.3, 0.4) is 0 Å². The molecule has 6 nitrogen and oxygen atoms in total. The Morgan fingerprint density at radius 1 is 1.41 bits per heavy atom. The minimum absolute atomic E-state index is 0.0156. The Hall–Kier alpha value is -2.50. The van der Waals surface area contributed by atoms with Crippen molar-refractivity contribution in [2.75, 3.05) is 12.4 Å². The number of aromatic hydroxyl groups is 1. The summed E-state index contributed by atoms with van der Waals surface area (Å²) in [7, 11) is 1.54. The van der Waals surface area contributed by atoms with E-state index in [2.05, 4.69) is 10.3 Å². The van der Waals surface area contributed by atoms with Gasteiger partial charge in [-0.1, -0.05) is 0 Å². The average Bonchev–Trinajstić information content (AvgIpc) is 2.93. The van der Waals surface area contributed by atoms with Crippen molar-refractivity contribution in [3.05, 3.63) is 35.9 Å². The molecular weight excluding hydrogens is 282 g/mol. The van der Waals surface area contributed by atoms with Gasteiger partial charge in [-0.25, -0.2) is 4.98 Å².